The highest BCUT2D eigenvalue weighted by molar-refractivity contribution is 5.04. The average Bonchev–Trinajstić information content (AvgIpc) is 3.22. The zero-order valence-corrected chi connectivity index (χ0v) is 15.8. The van der Waals surface area contributed by atoms with Gasteiger partial charge in [-0.05, 0) is 19.4 Å². The molecular weight excluding hydrogens is 330 g/mol. The Morgan fingerprint density at radius 1 is 1.04 bits per heavy atom. The van der Waals surface area contributed by atoms with Crippen molar-refractivity contribution in [2.75, 3.05) is 39.4 Å². The summed E-state index contributed by atoms with van der Waals surface area (Å²) in [7, 11) is 4.17. The Balaban J connectivity index is 1.41. The lowest BCUT2D eigenvalue weighted by Gasteiger charge is -2.32. The van der Waals surface area contributed by atoms with Crippen molar-refractivity contribution < 1.29 is 4.74 Å². The Kier molecular flexibility index (Phi) is 5.33. The minimum absolute atomic E-state index is 0.444. The second-order valence-electron chi connectivity index (χ2n) is 7.45. The SMILES string of the molecule is Cn1ccnc1CN1CCCC(c2nnc(CN3CCOCC3)n2C)C1. The highest BCUT2D eigenvalue weighted by Gasteiger charge is 2.27. The molecule has 0 bridgehead atoms. The smallest absolute Gasteiger partial charge is 0.146 e. The van der Waals surface area contributed by atoms with Crippen LogP contribution in [0.25, 0.3) is 0 Å². The maximum absolute atomic E-state index is 5.43. The van der Waals surface area contributed by atoms with Gasteiger partial charge >= 0.3 is 0 Å². The van der Waals surface area contributed by atoms with Crippen LogP contribution in [0.2, 0.25) is 0 Å². The zero-order valence-electron chi connectivity index (χ0n) is 15.8. The average molecular weight is 359 g/mol. The normalized spacial score (nSPS) is 22.8. The van der Waals surface area contributed by atoms with Crippen molar-refractivity contribution in [3.05, 3.63) is 29.9 Å². The third-order valence-electron chi connectivity index (χ3n) is 5.62. The van der Waals surface area contributed by atoms with Crippen LogP contribution >= 0.6 is 0 Å². The predicted octanol–water partition coefficient (Wildman–Crippen LogP) is 0.760. The van der Waals surface area contributed by atoms with Gasteiger partial charge in [0, 0.05) is 52.0 Å². The molecule has 4 heterocycles. The lowest BCUT2D eigenvalue weighted by atomic mass is 9.97. The molecule has 0 aliphatic carbocycles. The summed E-state index contributed by atoms with van der Waals surface area (Å²) in [6.45, 7) is 7.49. The minimum Gasteiger partial charge on any atom is -0.379 e. The standard InChI is InChI=1S/C18H29N7O/c1-22-7-5-19-16(22)13-25-6-3-4-15(12-25)18-21-20-17(23(18)2)14-24-8-10-26-11-9-24/h5,7,15H,3-4,6,8-14H2,1-2H3. The monoisotopic (exact) mass is 359 g/mol. The topological polar surface area (TPSA) is 64.2 Å². The molecule has 0 spiro atoms. The lowest BCUT2D eigenvalue weighted by molar-refractivity contribution is 0.0326. The van der Waals surface area contributed by atoms with Gasteiger partial charge in [0.1, 0.15) is 17.5 Å². The number of aromatic nitrogens is 5. The molecule has 0 amide bonds. The summed E-state index contributed by atoms with van der Waals surface area (Å²) >= 11 is 0. The molecule has 2 fully saturated rings. The lowest BCUT2D eigenvalue weighted by Crippen LogP contribution is -2.37. The molecule has 2 aliphatic heterocycles. The summed E-state index contributed by atoms with van der Waals surface area (Å²) in [5.74, 6) is 3.75. The largest absolute Gasteiger partial charge is 0.379 e. The number of nitrogens with zero attached hydrogens (tertiary/aromatic N) is 7. The van der Waals surface area contributed by atoms with E-state index in [0.717, 1.165) is 70.0 Å². The quantitative estimate of drug-likeness (QED) is 0.785. The van der Waals surface area contributed by atoms with E-state index in [2.05, 4.69) is 48.2 Å². The Morgan fingerprint density at radius 2 is 1.85 bits per heavy atom. The van der Waals surface area contributed by atoms with Gasteiger partial charge in [0.2, 0.25) is 0 Å². The predicted molar refractivity (Wildman–Crippen MR) is 97.6 cm³/mol. The molecule has 2 saturated heterocycles. The summed E-state index contributed by atoms with van der Waals surface area (Å²) in [6, 6.07) is 0. The van der Waals surface area contributed by atoms with Crippen molar-refractivity contribution in [3.63, 3.8) is 0 Å². The highest BCUT2D eigenvalue weighted by atomic mass is 16.5. The molecule has 4 rings (SSSR count). The van der Waals surface area contributed by atoms with Gasteiger partial charge in [-0.2, -0.15) is 0 Å². The summed E-state index contributed by atoms with van der Waals surface area (Å²) in [6.07, 6.45) is 6.26. The molecule has 8 heteroatoms. The van der Waals surface area contributed by atoms with Crippen LogP contribution in [-0.4, -0.2) is 73.5 Å². The van der Waals surface area contributed by atoms with Crippen LogP contribution in [0.15, 0.2) is 12.4 Å². The first-order chi connectivity index (χ1) is 12.7. The molecule has 0 N–H and O–H groups in total. The van der Waals surface area contributed by atoms with Gasteiger partial charge in [-0.15, -0.1) is 10.2 Å². The second-order valence-corrected chi connectivity index (χ2v) is 7.45. The Bertz CT molecular complexity index is 719. The van der Waals surface area contributed by atoms with E-state index in [9.17, 15) is 0 Å². The third-order valence-corrected chi connectivity index (χ3v) is 5.62. The molecular formula is C18H29N7O. The van der Waals surface area contributed by atoms with Crippen molar-refractivity contribution in [1.82, 2.24) is 34.1 Å². The number of piperidine rings is 1. The fourth-order valence-corrected chi connectivity index (χ4v) is 3.99. The molecule has 1 atom stereocenters. The summed E-state index contributed by atoms with van der Waals surface area (Å²) in [5, 5.41) is 9.06. The Hall–Kier alpha value is -1.77. The number of imidazole rings is 1. The van der Waals surface area contributed by atoms with Crippen LogP contribution in [0, 0.1) is 0 Å². The summed E-state index contributed by atoms with van der Waals surface area (Å²) < 4.78 is 9.75. The first kappa shape index (κ1) is 17.6. The van der Waals surface area contributed by atoms with Gasteiger partial charge < -0.3 is 13.9 Å². The molecule has 26 heavy (non-hydrogen) atoms. The Labute approximate surface area is 154 Å². The van der Waals surface area contributed by atoms with Gasteiger partial charge in [0.05, 0.1) is 26.3 Å². The summed E-state index contributed by atoms with van der Waals surface area (Å²) in [4.78, 5) is 9.35. The molecule has 8 nitrogen and oxygen atoms in total. The van der Waals surface area contributed by atoms with E-state index >= 15 is 0 Å². The first-order valence-corrected chi connectivity index (χ1v) is 9.57. The van der Waals surface area contributed by atoms with Crippen LogP contribution in [0.4, 0.5) is 0 Å². The number of hydrogen-bond donors (Lipinski definition) is 0. The van der Waals surface area contributed by atoms with Crippen molar-refractivity contribution in [2.24, 2.45) is 14.1 Å². The number of morpholine rings is 1. The fraction of sp³-hybridized carbons (Fsp3) is 0.722. The highest BCUT2D eigenvalue weighted by Crippen LogP contribution is 2.26. The van der Waals surface area contributed by atoms with Crippen LogP contribution in [0.1, 0.15) is 36.2 Å². The minimum atomic E-state index is 0.444. The fourth-order valence-electron chi connectivity index (χ4n) is 3.99. The second kappa shape index (κ2) is 7.85. The van der Waals surface area contributed by atoms with Gasteiger partial charge in [-0.25, -0.2) is 4.98 Å². The first-order valence-electron chi connectivity index (χ1n) is 9.57. The molecule has 2 aromatic heterocycles. The van der Waals surface area contributed by atoms with Gasteiger partial charge in [-0.1, -0.05) is 0 Å². The van der Waals surface area contributed by atoms with Gasteiger partial charge in [0.15, 0.2) is 0 Å². The van der Waals surface area contributed by atoms with Gasteiger partial charge in [-0.3, -0.25) is 9.80 Å². The van der Waals surface area contributed by atoms with E-state index in [4.69, 9.17) is 4.74 Å². The van der Waals surface area contributed by atoms with Crippen LogP contribution in [0.3, 0.4) is 0 Å². The zero-order chi connectivity index (χ0) is 17.9. The van der Waals surface area contributed by atoms with E-state index in [-0.39, 0.29) is 0 Å². The maximum atomic E-state index is 5.43. The molecule has 2 aliphatic rings. The molecule has 1 unspecified atom stereocenters. The molecule has 142 valence electrons. The molecule has 2 aromatic rings. The third kappa shape index (κ3) is 3.82. The van der Waals surface area contributed by atoms with Crippen molar-refractivity contribution in [3.8, 4) is 0 Å². The Morgan fingerprint density at radius 3 is 2.62 bits per heavy atom. The molecule has 0 aromatic carbocycles. The number of hydrogen-bond acceptors (Lipinski definition) is 6. The molecule has 0 saturated carbocycles. The number of rotatable bonds is 5. The van der Waals surface area contributed by atoms with E-state index in [1.165, 1.54) is 12.8 Å². The summed E-state index contributed by atoms with van der Waals surface area (Å²) in [5.41, 5.74) is 0. The number of likely N-dealkylation sites (tertiary alicyclic amines) is 1. The van der Waals surface area contributed by atoms with Crippen molar-refractivity contribution in [2.45, 2.75) is 31.8 Å². The number of aryl methyl sites for hydroxylation is 1. The van der Waals surface area contributed by atoms with E-state index < -0.39 is 0 Å². The van der Waals surface area contributed by atoms with Crippen LogP contribution < -0.4 is 0 Å². The molecule has 0 radical (unpaired) electrons. The van der Waals surface area contributed by atoms with Crippen molar-refractivity contribution >= 4 is 0 Å². The van der Waals surface area contributed by atoms with Crippen LogP contribution in [-0.2, 0) is 31.9 Å². The van der Waals surface area contributed by atoms with Gasteiger partial charge in [0.25, 0.3) is 0 Å². The van der Waals surface area contributed by atoms with E-state index in [1.807, 2.05) is 12.4 Å². The van der Waals surface area contributed by atoms with E-state index in [0.29, 0.717) is 5.92 Å². The maximum Gasteiger partial charge on any atom is 0.146 e. The number of ether oxygens (including phenoxy) is 1. The van der Waals surface area contributed by atoms with E-state index in [1.54, 1.807) is 0 Å². The van der Waals surface area contributed by atoms with Crippen molar-refractivity contribution in [1.29, 1.82) is 0 Å². The van der Waals surface area contributed by atoms with Crippen LogP contribution in [0.5, 0.6) is 0 Å².